The maximum absolute atomic E-state index is 13.5. The maximum Gasteiger partial charge on any atom is 0.338 e. The molecule has 0 aliphatic carbocycles. The van der Waals surface area contributed by atoms with E-state index in [-0.39, 0.29) is 11.8 Å². The van der Waals surface area contributed by atoms with Crippen molar-refractivity contribution in [2.45, 2.75) is 26.2 Å². The quantitative estimate of drug-likeness (QED) is 0.513. The van der Waals surface area contributed by atoms with Crippen molar-refractivity contribution in [2.75, 3.05) is 26.8 Å². The van der Waals surface area contributed by atoms with E-state index in [4.69, 9.17) is 9.47 Å². The minimum Gasteiger partial charge on any atom is -0.497 e. The number of esters is 1. The van der Waals surface area contributed by atoms with Gasteiger partial charge in [-0.15, -0.1) is 0 Å². The van der Waals surface area contributed by atoms with Crippen LogP contribution in [-0.4, -0.2) is 44.4 Å². The first kappa shape index (κ1) is 21.6. The smallest absolute Gasteiger partial charge is 0.338 e. The number of amidine groups is 1. The molecule has 0 bridgehead atoms. The molecule has 1 heterocycles. The van der Waals surface area contributed by atoms with Gasteiger partial charge in [0.15, 0.2) is 5.78 Å². The molecule has 1 unspecified atom stereocenters. The highest BCUT2D eigenvalue weighted by Gasteiger charge is 2.32. The van der Waals surface area contributed by atoms with Crippen LogP contribution >= 0.6 is 0 Å². The average molecular weight is 410 g/mol. The van der Waals surface area contributed by atoms with Crippen molar-refractivity contribution in [1.82, 2.24) is 5.32 Å². The number of Topliss-reactive ketones (excluding diaryl/α,β-unsaturated/α-hetero) is 1. The predicted octanol–water partition coefficient (Wildman–Crippen LogP) is 1.78. The highest BCUT2D eigenvalue weighted by Crippen LogP contribution is 2.21. The van der Waals surface area contributed by atoms with Crippen LogP contribution in [-0.2, 0) is 11.2 Å². The second-order valence-corrected chi connectivity index (χ2v) is 7.20. The maximum atomic E-state index is 13.5. The van der Waals surface area contributed by atoms with Crippen LogP contribution in [0.25, 0.3) is 0 Å². The van der Waals surface area contributed by atoms with Crippen molar-refractivity contribution in [1.29, 1.82) is 0 Å². The van der Waals surface area contributed by atoms with Crippen molar-refractivity contribution in [3.05, 3.63) is 65.2 Å². The highest BCUT2D eigenvalue weighted by atomic mass is 16.5. The van der Waals surface area contributed by atoms with Crippen molar-refractivity contribution in [3.8, 4) is 5.75 Å². The van der Waals surface area contributed by atoms with Gasteiger partial charge in [-0.05, 0) is 62.1 Å². The van der Waals surface area contributed by atoms with E-state index in [0.29, 0.717) is 29.9 Å². The van der Waals surface area contributed by atoms with E-state index in [1.165, 1.54) is 0 Å². The van der Waals surface area contributed by atoms with Crippen molar-refractivity contribution >= 4 is 17.6 Å². The van der Waals surface area contributed by atoms with Gasteiger partial charge in [-0.3, -0.25) is 15.1 Å². The van der Waals surface area contributed by atoms with E-state index in [1.54, 1.807) is 44.4 Å². The van der Waals surface area contributed by atoms with Crippen LogP contribution in [0.3, 0.4) is 0 Å². The lowest BCUT2D eigenvalue weighted by Gasteiger charge is -2.17. The number of ether oxygens (including phenoxy) is 2. The number of methoxy groups -OCH3 is 1. The molecule has 0 amide bonds. The van der Waals surface area contributed by atoms with Crippen LogP contribution < -0.4 is 15.0 Å². The molecule has 3 rings (SSSR count). The molecule has 6 nitrogen and oxygen atoms in total. The largest absolute Gasteiger partial charge is 0.497 e. The molecule has 1 aliphatic heterocycles. The first-order valence-electron chi connectivity index (χ1n) is 10.4. The summed E-state index contributed by atoms with van der Waals surface area (Å²) in [4.78, 5) is 29.3. The number of carbonyl (C=O) groups excluding carboxylic acids is 2. The van der Waals surface area contributed by atoms with E-state index < -0.39 is 5.92 Å². The van der Waals surface area contributed by atoms with Gasteiger partial charge in [0.2, 0.25) is 0 Å². The zero-order valence-corrected chi connectivity index (χ0v) is 17.6. The van der Waals surface area contributed by atoms with Crippen LogP contribution in [0.5, 0.6) is 5.75 Å². The monoisotopic (exact) mass is 409 g/mol. The lowest BCUT2D eigenvalue weighted by molar-refractivity contribution is -0.460. The van der Waals surface area contributed by atoms with Gasteiger partial charge in [-0.25, -0.2) is 4.79 Å². The van der Waals surface area contributed by atoms with Crippen LogP contribution in [0.1, 0.15) is 46.0 Å². The molecule has 30 heavy (non-hydrogen) atoms. The van der Waals surface area contributed by atoms with Gasteiger partial charge in [-0.1, -0.05) is 18.2 Å². The molecule has 0 aromatic heterocycles. The first-order valence-corrected chi connectivity index (χ1v) is 10.4. The molecule has 2 aromatic carbocycles. The molecule has 2 aromatic rings. The molecular weight excluding hydrogens is 380 g/mol. The van der Waals surface area contributed by atoms with E-state index in [0.717, 1.165) is 37.3 Å². The minimum absolute atomic E-state index is 0.00628. The van der Waals surface area contributed by atoms with Gasteiger partial charge >= 0.3 is 5.97 Å². The third-order valence-electron chi connectivity index (χ3n) is 5.21. The van der Waals surface area contributed by atoms with E-state index in [1.807, 2.05) is 18.2 Å². The fourth-order valence-corrected chi connectivity index (χ4v) is 3.61. The summed E-state index contributed by atoms with van der Waals surface area (Å²) in [6.07, 6.45) is 2.48. The standard InChI is InChI=1S/C24H28N2O4/c1-3-30-24(28)20-9-5-4-8-18(20)16-21(23-25-14-6-7-15-26-23)22(27)17-10-12-19(29-2)13-11-17/h4-5,8-13,21H,3,6-7,14-16H2,1-2H3,(H,25,26)/p+1. The summed E-state index contributed by atoms with van der Waals surface area (Å²) in [5.74, 6) is 0.692. The fourth-order valence-electron chi connectivity index (χ4n) is 3.61. The Morgan fingerprint density at radius 1 is 1.10 bits per heavy atom. The molecule has 0 radical (unpaired) electrons. The van der Waals surface area contributed by atoms with Crippen LogP contribution in [0.2, 0.25) is 0 Å². The Morgan fingerprint density at radius 2 is 1.87 bits per heavy atom. The number of hydrogen-bond donors (Lipinski definition) is 2. The highest BCUT2D eigenvalue weighted by molar-refractivity contribution is 6.10. The van der Waals surface area contributed by atoms with Crippen LogP contribution in [0.15, 0.2) is 48.5 Å². The Morgan fingerprint density at radius 3 is 2.60 bits per heavy atom. The SMILES string of the molecule is CCOC(=O)c1ccccc1CC(C(=O)c1ccc(OC)cc1)C1=[NH+]CCCCN1. The molecule has 0 saturated carbocycles. The normalized spacial score (nSPS) is 14.7. The minimum atomic E-state index is -0.452. The third-order valence-corrected chi connectivity index (χ3v) is 5.21. The number of benzene rings is 2. The van der Waals surface area contributed by atoms with E-state index in [2.05, 4.69) is 10.3 Å². The summed E-state index contributed by atoms with van der Waals surface area (Å²) in [6.45, 7) is 3.72. The lowest BCUT2D eigenvalue weighted by atomic mass is 9.88. The Balaban J connectivity index is 1.95. The van der Waals surface area contributed by atoms with Crippen molar-refractivity contribution < 1.29 is 24.1 Å². The number of hydrogen-bond acceptors (Lipinski definition) is 5. The Labute approximate surface area is 177 Å². The number of rotatable bonds is 8. The number of nitrogens with one attached hydrogen (secondary N) is 2. The second-order valence-electron chi connectivity index (χ2n) is 7.20. The molecule has 2 N–H and O–H groups in total. The second kappa shape index (κ2) is 10.6. The zero-order chi connectivity index (χ0) is 21.3. The molecule has 0 fully saturated rings. The van der Waals surface area contributed by atoms with Gasteiger partial charge in [-0.2, -0.15) is 0 Å². The van der Waals surface area contributed by atoms with Crippen molar-refractivity contribution in [2.24, 2.45) is 5.92 Å². The van der Waals surface area contributed by atoms with Crippen LogP contribution in [0, 0.1) is 5.92 Å². The molecule has 0 spiro atoms. The first-order chi connectivity index (χ1) is 14.6. The lowest BCUT2D eigenvalue weighted by Crippen LogP contribution is -2.77. The van der Waals surface area contributed by atoms with Gasteiger partial charge in [0.1, 0.15) is 11.7 Å². The van der Waals surface area contributed by atoms with E-state index >= 15 is 0 Å². The Bertz CT molecular complexity index is 906. The summed E-state index contributed by atoms with van der Waals surface area (Å²) in [5, 5.41) is 3.39. The van der Waals surface area contributed by atoms with Crippen LogP contribution in [0.4, 0.5) is 0 Å². The summed E-state index contributed by atoms with van der Waals surface area (Å²) in [6, 6.07) is 14.5. The molecule has 1 atom stereocenters. The topological polar surface area (TPSA) is 78.6 Å². The molecular formula is C24H29N2O4+. The average Bonchev–Trinajstić information content (AvgIpc) is 3.07. The Hall–Kier alpha value is -3.15. The summed E-state index contributed by atoms with van der Waals surface area (Å²) in [7, 11) is 1.60. The van der Waals surface area contributed by atoms with Gasteiger partial charge in [0.05, 0.1) is 32.4 Å². The Kier molecular flexibility index (Phi) is 7.60. The van der Waals surface area contributed by atoms with Gasteiger partial charge < -0.3 is 9.47 Å². The number of carbonyl (C=O) groups is 2. The van der Waals surface area contributed by atoms with E-state index in [9.17, 15) is 9.59 Å². The molecule has 1 aliphatic rings. The zero-order valence-electron chi connectivity index (χ0n) is 17.6. The predicted molar refractivity (Wildman–Crippen MR) is 115 cm³/mol. The van der Waals surface area contributed by atoms with Gasteiger partial charge in [0, 0.05) is 5.56 Å². The molecule has 0 saturated heterocycles. The van der Waals surface area contributed by atoms with Crippen molar-refractivity contribution in [3.63, 3.8) is 0 Å². The van der Waals surface area contributed by atoms with Gasteiger partial charge in [0.25, 0.3) is 5.84 Å². The fraction of sp³-hybridized carbons (Fsp3) is 0.375. The number of ketones is 1. The summed E-state index contributed by atoms with van der Waals surface area (Å²) in [5.41, 5.74) is 1.90. The molecule has 158 valence electrons. The summed E-state index contributed by atoms with van der Waals surface area (Å²) < 4.78 is 10.4. The molecule has 6 heteroatoms. The third kappa shape index (κ3) is 5.26. The summed E-state index contributed by atoms with van der Waals surface area (Å²) >= 11 is 0.